The molecule has 0 radical (unpaired) electrons. The third-order valence-corrected chi connectivity index (χ3v) is 9.17. The lowest BCUT2D eigenvalue weighted by Gasteiger charge is -2.56. The van der Waals surface area contributed by atoms with Gasteiger partial charge in [-0.3, -0.25) is 9.59 Å². The Bertz CT molecular complexity index is 642. The molecular formula is C25H42N2O3. The van der Waals surface area contributed by atoms with Gasteiger partial charge in [0.2, 0.25) is 11.8 Å². The van der Waals surface area contributed by atoms with Crippen LogP contribution in [0.1, 0.15) is 91.4 Å². The normalized spacial score (nSPS) is 40.9. The molecule has 7 atom stereocenters. The molecule has 4 aliphatic rings. The highest BCUT2D eigenvalue weighted by Gasteiger charge is 2.54. The summed E-state index contributed by atoms with van der Waals surface area (Å²) in [6.07, 6.45) is 11.4. The quantitative estimate of drug-likeness (QED) is 0.636. The van der Waals surface area contributed by atoms with Gasteiger partial charge in [0.05, 0.1) is 6.10 Å². The number of fused-ring (bicyclic) bond motifs is 1. The Morgan fingerprint density at radius 3 is 2.30 bits per heavy atom. The van der Waals surface area contributed by atoms with Crippen molar-refractivity contribution in [3.8, 4) is 0 Å². The van der Waals surface area contributed by atoms with Crippen molar-refractivity contribution >= 4 is 11.8 Å². The average molecular weight is 419 g/mol. The van der Waals surface area contributed by atoms with Crippen molar-refractivity contribution in [1.82, 2.24) is 10.6 Å². The summed E-state index contributed by atoms with van der Waals surface area (Å²) >= 11 is 0. The summed E-state index contributed by atoms with van der Waals surface area (Å²) < 4.78 is 0. The zero-order chi connectivity index (χ0) is 21.5. The Labute approximate surface area is 182 Å². The van der Waals surface area contributed by atoms with Crippen LogP contribution in [0, 0.1) is 35.0 Å². The average Bonchev–Trinajstić information content (AvgIpc) is 3.54. The largest absolute Gasteiger partial charge is 0.392 e. The summed E-state index contributed by atoms with van der Waals surface area (Å²) in [5.41, 5.74) is 0.105. The van der Waals surface area contributed by atoms with Crippen LogP contribution in [0.4, 0.5) is 0 Å². The first kappa shape index (κ1) is 22.1. The predicted octanol–water partition coefficient (Wildman–Crippen LogP) is 3.79. The molecule has 4 aliphatic carbocycles. The number of aliphatic hydroxyl groups excluding tert-OH is 1. The fraction of sp³-hybridized carbons (Fsp3) is 0.920. The van der Waals surface area contributed by atoms with Crippen LogP contribution in [0.2, 0.25) is 0 Å². The molecule has 0 unspecified atom stereocenters. The van der Waals surface area contributed by atoms with E-state index in [1.54, 1.807) is 0 Å². The van der Waals surface area contributed by atoms with Gasteiger partial charge in [0.15, 0.2) is 0 Å². The third-order valence-electron chi connectivity index (χ3n) is 9.17. The second kappa shape index (κ2) is 8.80. The lowest BCUT2D eigenvalue weighted by Crippen LogP contribution is -2.59. The third kappa shape index (κ3) is 4.42. The number of aliphatic hydroxyl groups is 1. The molecule has 5 heteroatoms. The molecule has 0 aromatic heterocycles. The molecule has 170 valence electrons. The van der Waals surface area contributed by atoms with E-state index in [4.69, 9.17) is 0 Å². The van der Waals surface area contributed by atoms with Crippen molar-refractivity contribution in [2.45, 2.75) is 110 Å². The Hall–Kier alpha value is -1.10. The van der Waals surface area contributed by atoms with Crippen LogP contribution >= 0.6 is 0 Å². The van der Waals surface area contributed by atoms with E-state index >= 15 is 0 Å². The lowest BCUT2D eigenvalue weighted by atomic mass is 9.51. The van der Waals surface area contributed by atoms with E-state index in [1.807, 2.05) is 6.92 Å². The molecule has 0 saturated heterocycles. The summed E-state index contributed by atoms with van der Waals surface area (Å²) in [5.74, 6) is 0.733. The van der Waals surface area contributed by atoms with E-state index in [0.29, 0.717) is 6.04 Å². The van der Waals surface area contributed by atoms with Gasteiger partial charge in [-0.1, -0.05) is 40.0 Å². The van der Waals surface area contributed by atoms with E-state index in [1.165, 1.54) is 19.3 Å². The zero-order valence-electron chi connectivity index (χ0n) is 19.2. The van der Waals surface area contributed by atoms with Gasteiger partial charge in [0, 0.05) is 23.9 Å². The van der Waals surface area contributed by atoms with Crippen LogP contribution in [0.25, 0.3) is 0 Å². The number of amides is 2. The molecule has 4 rings (SSSR count). The Morgan fingerprint density at radius 2 is 1.63 bits per heavy atom. The number of nitrogens with one attached hydrogen (secondary N) is 2. The fourth-order valence-corrected chi connectivity index (χ4v) is 6.92. The van der Waals surface area contributed by atoms with Crippen LogP contribution in [-0.2, 0) is 9.59 Å². The summed E-state index contributed by atoms with van der Waals surface area (Å²) in [5, 5.41) is 18.0. The molecule has 0 spiro atoms. The van der Waals surface area contributed by atoms with Crippen molar-refractivity contribution < 1.29 is 14.7 Å². The van der Waals surface area contributed by atoms with E-state index in [-0.39, 0.29) is 52.9 Å². The molecule has 0 aromatic carbocycles. The van der Waals surface area contributed by atoms with Gasteiger partial charge in [0.25, 0.3) is 0 Å². The minimum absolute atomic E-state index is 0.0112. The van der Waals surface area contributed by atoms with E-state index < -0.39 is 6.10 Å². The van der Waals surface area contributed by atoms with Gasteiger partial charge in [-0.05, 0) is 74.5 Å². The van der Waals surface area contributed by atoms with Gasteiger partial charge >= 0.3 is 0 Å². The van der Waals surface area contributed by atoms with Crippen LogP contribution in [0.15, 0.2) is 0 Å². The molecule has 0 heterocycles. The van der Waals surface area contributed by atoms with Crippen molar-refractivity contribution in [2.75, 3.05) is 0 Å². The summed E-state index contributed by atoms with van der Waals surface area (Å²) in [7, 11) is 0. The Balaban J connectivity index is 1.42. The maximum absolute atomic E-state index is 12.9. The van der Waals surface area contributed by atoms with Gasteiger partial charge in [0.1, 0.15) is 0 Å². The summed E-state index contributed by atoms with van der Waals surface area (Å²) in [6, 6.07) is 0.500. The van der Waals surface area contributed by atoms with Gasteiger partial charge < -0.3 is 15.7 Å². The molecule has 0 bridgehead atoms. The van der Waals surface area contributed by atoms with E-state index in [9.17, 15) is 14.7 Å². The number of hydrogen-bond acceptors (Lipinski definition) is 3. The van der Waals surface area contributed by atoms with Crippen molar-refractivity contribution in [1.29, 1.82) is 0 Å². The highest BCUT2D eigenvalue weighted by Crippen LogP contribution is 2.55. The van der Waals surface area contributed by atoms with Crippen LogP contribution in [0.5, 0.6) is 0 Å². The van der Waals surface area contributed by atoms with Crippen molar-refractivity contribution in [3.05, 3.63) is 0 Å². The monoisotopic (exact) mass is 418 g/mol. The van der Waals surface area contributed by atoms with Gasteiger partial charge in [-0.25, -0.2) is 0 Å². The summed E-state index contributed by atoms with van der Waals surface area (Å²) in [4.78, 5) is 25.5. The minimum atomic E-state index is -0.479. The molecule has 30 heavy (non-hydrogen) atoms. The highest BCUT2D eigenvalue weighted by molar-refractivity contribution is 5.79. The van der Waals surface area contributed by atoms with Crippen LogP contribution < -0.4 is 10.6 Å². The molecule has 0 aromatic rings. The van der Waals surface area contributed by atoms with Crippen LogP contribution in [0.3, 0.4) is 0 Å². The topological polar surface area (TPSA) is 78.4 Å². The van der Waals surface area contributed by atoms with E-state index in [2.05, 4.69) is 24.5 Å². The maximum Gasteiger partial charge on any atom is 0.223 e. The molecule has 4 saturated carbocycles. The van der Waals surface area contributed by atoms with Crippen molar-refractivity contribution in [3.63, 3.8) is 0 Å². The molecule has 4 fully saturated rings. The summed E-state index contributed by atoms with van der Waals surface area (Å²) in [6.45, 7) is 6.53. The predicted molar refractivity (Wildman–Crippen MR) is 118 cm³/mol. The number of hydrogen-bond donors (Lipinski definition) is 3. The number of carbonyl (C=O) groups is 2. The molecule has 0 aliphatic heterocycles. The first-order valence-electron chi connectivity index (χ1n) is 12.6. The highest BCUT2D eigenvalue weighted by atomic mass is 16.3. The second-order valence-electron chi connectivity index (χ2n) is 11.3. The first-order chi connectivity index (χ1) is 14.3. The standard InChI is InChI=1S/C25H42N2O3/c1-15(23(29)26-18-9-10-18)19-11-13-25(3)14-12-20(16(2)21(25)22(19)28)27-24(30)17-7-5-4-6-8-17/h15-22,28H,4-14H2,1-3H3,(H,26,29)(H,27,30)/t15-,16+,19+,20-,21+,22-,25-/m0/s1. The maximum atomic E-state index is 12.9. The van der Waals surface area contributed by atoms with Gasteiger partial charge in [-0.15, -0.1) is 0 Å². The number of carbonyl (C=O) groups excluding carboxylic acids is 2. The molecule has 3 N–H and O–H groups in total. The SMILES string of the molecule is C[C@H]1[C@@H]2[C@@H](O)[C@@H]([C@H](C)C(=O)NC3CC3)CC[C@@]2(C)CC[C@@H]1NC(=O)C1CCCCC1. The van der Waals surface area contributed by atoms with E-state index in [0.717, 1.165) is 51.4 Å². The van der Waals surface area contributed by atoms with Crippen LogP contribution in [-0.4, -0.2) is 35.1 Å². The molecular weight excluding hydrogens is 376 g/mol. The zero-order valence-corrected chi connectivity index (χ0v) is 19.2. The smallest absolute Gasteiger partial charge is 0.223 e. The first-order valence-corrected chi connectivity index (χ1v) is 12.6. The Kier molecular flexibility index (Phi) is 6.48. The van der Waals surface area contributed by atoms with Crippen molar-refractivity contribution in [2.24, 2.45) is 35.0 Å². The second-order valence-corrected chi connectivity index (χ2v) is 11.3. The molecule has 2 amide bonds. The molecule has 5 nitrogen and oxygen atoms in total. The fourth-order valence-electron chi connectivity index (χ4n) is 6.92. The minimum Gasteiger partial charge on any atom is -0.392 e. The van der Waals surface area contributed by atoms with Gasteiger partial charge in [-0.2, -0.15) is 0 Å². The Morgan fingerprint density at radius 1 is 0.967 bits per heavy atom. The number of rotatable bonds is 5. The lowest BCUT2D eigenvalue weighted by molar-refractivity contribution is -0.144.